The Morgan fingerprint density at radius 2 is 0.946 bits per heavy atom. The number of likely N-dealkylation sites (tertiary alicyclic amines) is 2. The van der Waals surface area contributed by atoms with E-state index < -0.39 is 77.6 Å². The van der Waals surface area contributed by atoms with E-state index >= 15 is 8.78 Å². The normalized spacial score (nSPS) is 14.8. The fraction of sp³-hybridized carbons (Fsp3) is 0.479. The van der Waals surface area contributed by atoms with E-state index in [1.807, 2.05) is 115 Å². The lowest BCUT2D eigenvalue weighted by Gasteiger charge is -2.34. The Bertz CT molecular complexity index is 3680. The van der Waals surface area contributed by atoms with Crippen LogP contribution in [0.4, 0.5) is 26.3 Å². The molecule has 0 radical (unpaired) electrons. The molecule has 2 aliphatic rings. The van der Waals surface area contributed by atoms with E-state index in [0.717, 1.165) is 74.3 Å². The zero-order chi connectivity index (χ0) is 68.7. The minimum atomic E-state index is -1.12. The van der Waals surface area contributed by atoms with Gasteiger partial charge in [-0.3, -0.25) is 33.8 Å². The van der Waals surface area contributed by atoms with Crippen molar-refractivity contribution in [2.24, 2.45) is 17.6 Å². The first-order chi connectivity index (χ1) is 43.9. The molecule has 2 aromatic heterocycles. The molecule has 0 saturated carbocycles. The summed E-state index contributed by atoms with van der Waals surface area (Å²) in [4.78, 5) is 79.6. The summed E-state index contributed by atoms with van der Waals surface area (Å²) >= 11 is 0. The predicted molar refractivity (Wildman–Crippen MR) is 350 cm³/mol. The highest BCUT2D eigenvalue weighted by Gasteiger charge is 2.33. The van der Waals surface area contributed by atoms with Crippen LogP contribution in [0.5, 0.6) is 0 Å². The largest absolute Gasteiger partial charge is 0.480 e. The molecule has 504 valence electrons. The average Bonchev–Trinajstić information content (AvgIpc) is 0.838. The molecular weight excluding hydrogens is 1200 g/mol. The lowest BCUT2D eigenvalue weighted by atomic mass is 9.84. The molecule has 0 aliphatic carbocycles. The molecular formula is C73H91F6N5O9. The Kier molecular flexibility index (Phi) is 27.1. The fourth-order valence-corrected chi connectivity index (χ4v) is 12.2. The van der Waals surface area contributed by atoms with Crippen molar-refractivity contribution in [1.82, 2.24) is 18.9 Å². The SMILES string of the molecule is CCOC(=O)C[C@H](CC(=O)C(CC(C)C)n1cc(CCN2CC(F)C2)c(C)cc1=O)c1cc(-c2c(C)cccc2C)cc(F)c1F.CCOC(=O)C[C@H](N)c1cc(-c2c(C)cccc2C)cc(F)c1F.Cc1cc(=O)n(C(CC(C)C)C(=O)O)cc1CCN1CC(F)C1. The van der Waals surface area contributed by atoms with Gasteiger partial charge in [-0.25, -0.2) is 31.1 Å². The number of hydrogen-bond donors (Lipinski definition) is 2. The van der Waals surface area contributed by atoms with Gasteiger partial charge in [0.15, 0.2) is 29.1 Å². The number of carboxylic acid groups (broad SMARTS) is 1. The summed E-state index contributed by atoms with van der Waals surface area (Å²) in [6.07, 6.45) is 3.01. The number of aliphatic carboxylic acids is 1. The fourth-order valence-electron chi connectivity index (χ4n) is 12.2. The first-order valence-electron chi connectivity index (χ1n) is 32.0. The number of aromatic nitrogens is 2. The van der Waals surface area contributed by atoms with Crippen LogP contribution in [0, 0.1) is 76.6 Å². The molecule has 4 atom stereocenters. The Hall–Kier alpha value is -7.68. The number of ether oxygens (including phenoxy) is 2. The summed E-state index contributed by atoms with van der Waals surface area (Å²) in [6, 6.07) is 17.0. The van der Waals surface area contributed by atoms with Crippen LogP contribution in [0.1, 0.15) is 153 Å². The number of Topliss-reactive ketones (excluding diaryl/α,β-unsaturated/α-hetero) is 1. The van der Waals surface area contributed by atoms with Gasteiger partial charge in [-0.15, -0.1) is 0 Å². The molecule has 0 bridgehead atoms. The molecule has 20 heteroatoms. The van der Waals surface area contributed by atoms with Crippen LogP contribution in [0.25, 0.3) is 22.3 Å². The number of carbonyl (C=O) groups excluding carboxylic acids is 3. The van der Waals surface area contributed by atoms with Crippen molar-refractivity contribution in [3.05, 3.63) is 185 Å². The number of carbonyl (C=O) groups is 4. The van der Waals surface area contributed by atoms with Gasteiger partial charge < -0.3 is 29.4 Å². The van der Waals surface area contributed by atoms with E-state index in [-0.39, 0.29) is 72.3 Å². The number of rotatable bonds is 26. The zero-order valence-corrected chi connectivity index (χ0v) is 55.7. The van der Waals surface area contributed by atoms with E-state index in [9.17, 15) is 51.4 Å². The number of hydrogen-bond acceptors (Lipinski definition) is 11. The molecule has 4 aromatic carbocycles. The number of esters is 2. The molecule has 8 rings (SSSR count). The second kappa shape index (κ2) is 33.9. The number of alkyl halides is 2. The maximum atomic E-state index is 15.6. The smallest absolute Gasteiger partial charge is 0.326 e. The summed E-state index contributed by atoms with van der Waals surface area (Å²) < 4.78 is 98.1. The number of nitrogens with zero attached hydrogens (tertiary/aromatic N) is 4. The quantitative estimate of drug-likeness (QED) is 0.0388. The highest BCUT2D eigenvalue weighted by atomic mass is 19.2. The number of pyridine rings is 2. The lowest BCUT2D eigenvalue weighted by Crippen LogP contribution is -2.49. The highest BCUT2D eigenvalue weighted by molar-refractivity contribution is 5.85. The number of halogens is 6. The van der Waals surface area contributed by atoms with E-state index in [0.29, 0.717) is 69.5 Å². The topological polar surface area (TPSA) is 183 Å². The van der Waals surface area contributed by atoms with Crippen LogP contribution < -0.4 is 16.9 Å². The van der Waals surface area contributed by atoms with Crippen molar-refractivity contribution in [3.8, 4) is 22.3 Å². The van der Waals surface area contributed by atoms with Gasteiger partial charge in [-0.1, -0.05) is 64.1 Å². The molecule has 2 aliphatic heterocycles. The third kappa shape index (κ3) is 20.2. The van der Waals surface area contributed by atoms with Crippen LogP contribution in [0.2, 0.25) is 0 Å². The highest BCUT2D eigenvalue weighted by Crippen LogP contribution is 2.38. The second-order valence-electron chi connectivity index (χ2n) is 25.5. The van der Waals surface area contributed by atoms with Gasteiger partial charge in [0.05, 0.1) is 32.1 Å². The van der Waals surface area contributed by atoms with Gasteiger partial charge in [0.2, 0.25) is 0 Å². The Balaban J connectivity index is 0.000000245. The molecule has 0 spiro atoms. The average molecular weight is 1300 g/mol. The second-order valence-corrected chi connectivity index (χ2v) is 25.5. The maximum absolute atomic E-state index is 15.6. The Morgan fingerprint density at radius 3 is 1.34 bits per heavy atom. The van der Waals surface area contributed by atoms with E-state index in [4.69, 9.17) is 15.2 Å². The van der Waals surface area contributed by atoms with Crippen molar-refractivity contribution in [2.75, 3.05) is 52.5 Å². The van der Waals surface area contributed by atoms with Crippen molar-refractivity contribution < 1.29 is 60.1 Å². The van der Waals surface area contributed by atoms with Gasteiger partial charge in [-0.05, 0) is 189 Å². The number of aryl methyl sites for hydroxylation is 6. The first-order valence-corrected chi connectivity index (χ1v) is 32.0. The van der Waals surface area contributed by atoms with Crippen LogP contribution in [0.3, 0.4) is 0 Å². The summed E-state index contributed by atoms with van der Waals surface area (Å²) in [5, 5.41) is 9.45. The molecule has 4 heterocycles. The number of ketones is 1. The third-order valence-corrected chi connectivity index (χ3v) is 17.1. The number of nitrogens with two attached hydrogens (primary N) is 1. The Labute approximate surface area is 542 Å². The van der Waals surface area contributed by atoms with Gasteiger partial charge >= 0.3 is 17.9 Å². The molecule has 2 fully saturated rings. The van der Waals surface area contributed by atoms with E-state index in [2.05, 4.69) is 0 Å². The first kappa shape index (κ1) is 74.4. The van der Waals surface area contributed by atoms with Crippen molar-refractivity contribution in [3.63, 3.8) is 0 Å². The standard InChI is InChI=1S/C37H45F3N2O4.C19H21F2NO2.C17H25FN2O3/c1-7-46-35(45)18-27(30-15-28(16-31(39)37(30)40)36-23(4)9-8-10-24(36)5)17-33(43)32(13-22(2)3)42-19-26(25(6)14-34(42)44)11-12-41-20-29(38)21-41;1-4-24-17(23)10-16(22)14-8-13(9-15(20)19(14)21)18-11(2)6-5-7-12(18)3;1-11(2)6-15(17(22)23)20-8-13(12(3)7-16(20)21)4-5-19-9-14(18)10-19/h8-10,14-16,19,22,27,29,32H,7,11-13,17-18,20-21H2,1-6H3;5-9,16H,4,10,22H2,1-3H3;7-8,11,14-15H,4-6,9-10H2,1-3H3,(H,22,23)/t27-,32?;16-;/m00./s1. The van der Waals surface area contributed by atoms with Gasteiger partial charge in [0, 0.05) is 87.7 Å². The van der Waals surface area contributed by atoms with Gasteiger partial charge in [0.1, 0.15) is 18.4 Å². The molecule has 2 saturated heterocycles. The molecule has 2 unspecified atom stereocenters. The van der Waals surface area contributed by atoms with Crippen LogP contribution >= 0.6 is 0 Å². The predicted octanol–water partition coefficient (Wildman–Crippen LogP) is 13.4. The van der Waals surface area contributed by atoms with Gasteiger partial charge in [0.25, 0.3) is 11.1 Å². The van der Waals surface area contributed by atoms with Crippen molar-refractivity contribution in [1.29, 1.82) is 0 Å². The van der Waals surface area contributed by atoms with Crippen molar-refractivity contribution in [2.45, 2.75) is 164 Å². The lowest BCUT2D eigenvalue weighted by molar-refractivity contribution is -0.144. The minimum Gasteiger partial charge on any atom is -0.480 e. The zero-order valence-electron chi connectivity index (χ0n) is 55.7. The number of benzene rings is 4. The van der Waals surface area contributed by atoms with Crippen LogP contribution in [0.15, 0.2) is 94.8 Å². The summed E-state index contributed by atoms with van der Waals surface area (Å²) in [5.41, 5.74) is 14.9. The monoisotopic (exact) mass is 1300 g/mol. The van der Waals surface area contributed by atoms with Gasteiger partial charge in [-0.2, -0.15) is 0 Å². The molecule has 93 heavy (non-hydrogen) atoms. The minimum absolute atomic E-state index is 0.0261. The maximum Gasteiger partial charge on any atom is 0.326 e. The Morgan fingerprint density at radius 1 is 0.559 bits per heavy atom. The summed E-state index contributed by atoms with van der Waals surface area (Å²) in [6.45, 7) is 25.7. The molecule has 6 aromatic rings. The van der Waals surface area contributed by atoms with Crippen LogP contribution in [-0.2, 0) is 41.5 Å². The number of carboxylic acids is 1. The van der Waals surface area contributed by atoms with E-state index in [1.54, 1.807) is 26.2 Å². The molecule has 0 amide bonds. The third-order valence-electron chi connectivity index (χ3n) is 17.1. The molecule has 3 N–H and O–H groups in total. The van der Waals surface area contributed by atoms with E-state index in [1.165, 1.54) is 33.4 Å². The van der Waals surface area contributed by atoms with Crippen LogP contribution in [-0.4, -0.2) is 113 Å². The van der Waals surface area contributed by atoms with Crippen molar-refractivity contribution >= 4 is 23.7 Å². The molecule has 14 nitrogen and oxygen atoms in total. The summed E-state index contributed by atoms with van der Waals surface area (Å²) in [5.74, 6) is -7.54. The summed E-state index contributed by atoms with van der Waals surface area (Å²) in [7, 11) is 0.